The van der Waals surface area contributed by atoms with Gasteiger partial charge >= 0.3 is 16.2 Å². The highest BCUT2D eigenvalue weighted by Crippen LogP contribution is 2.25. The third-order valence-electron chi connectivity index (χ3n) is 1.84. The van der Waals surface area contributed by atoms with Crippen LogP contribution >= 0.6 is 27.3 Å². The lowest BCUT2D eigenvalue weighted by atomic mass is 10.3. The third-order valence-corrected chi connectivity index (χ3v) is 4.27. The molecule has 0 spiro atoms. The molecule has 10 heteroatoms. The second kappa shape index (κ2) is 4.78. The van der Waals surface area contributed by atoms with Crippen molar-refractivity contribution in [3.05, 3.63) is 21.1 Å². The van der Waals surface area contributed by atoms with Crippen molar-refractivity contribution in [1.29, 1.82) is 0 Å². The number of ether oxygens (including phenoxy) is 1. The fourth-order valence-electron chi connectivity index (χ4n) is 1.17. The summed E-state index contributed by atoms with van der Waals surface area (Å²) in [5, 5.41) is 0.418. The molecule has 0 amide bonds. The maximum atomic E-state index is 11.5. The normalized spacial score (nSPS) is 17.4. The lowest BCUT2D eigenvalue weighted by Crippen LogP contribution is -2.29. The maximum absolute atomic E-state index is 11.5. The SMILES string of the molecule is COC(=O)C1=NS(=O)(=O)NC(c2ncc(Br)s2)=C1. The Kier molecular flexibility index (Phi) is 3.50. The van der Waals surface area contributed by atoms with E-state index in [1.807, 2.05) is 0 Å². The summed E-state index contributed by atoms with van der Waals surface area (Å²) >= 11 is 4.43. The molecule has 2 heterocycles. The van der Waals surface area contributed by atoms with Crippen molar-refractivity contribution in [2.24, 2.45) is 4.40 Å². The van der Waals surface area contributed by atoms with Gasteiger partial charge in [-0.05, 0) is 22.0 Å². The van der Waals surface area contributed by atoms with Gasteiger partial charge in [-0.25, -0.2) is 9.78 Å². The predicted octanol–water partition coefficient (Wildman–Crippen LogP) is 0.708. The number of hydrogen-bond donors (Lipinski definition) is 1. The molecule has 0 saturated carbocycles. The molecule has 0 atom stereocenters. The number of esters is 1. The summed E-state index contributed by atoms with van der Waals surface area (Å²) in [7, 11) is -2.81. The molecule has 7 nitrogen and oxygen atoms in total. The molecule has 18 heavy (non-hydrogen) atoms. The molecular formula is C8H6BrN3O4S2. The molecule has 1 aromatic rings. The Balaban J connectivity index is 2.47. The molecule has 1 aliphatic rings. The largest absolute Gasteiger partial charge is 0.464 e. The number of rotatable bonds is 2. The first-order valence-electron chi connectivity index (χ1n) is 4.46. The minimum absolute atomic E-state index is 0.182. The lowest BCUT2D eigenvalue weighted by molar-refractivity contribution is -0.132. The molecular weight excluding hydrogens is 346 g/mol. The van der Waals surface area contributed by atoms with Gasteiger partial charge in [0.05, 0.1) is 22.8 Å². The van der Waals surface area contributed by atoms with Crippen LogP contribution in [0.3, 0.4) is 0 Å². The quantitative estimate of drug-likeness (QED) is 0.791. The average Bonchev–Trinajstić information content (AvgIpc) is 2.72. The molecule has 0 aliphatic carbocycles. The van der Waals surface area contributed by atoms with Gasteiger partial charge in [0.2, 0.25) is 0 Å². The van der Waals surface area contributed by atoms with Gasteiger partial charge in [-0.2, -0.15) is 8.42 Å². The van der Waals surface area contributed by atoms with Crippen molar-refractivity contribution in [1.82, 2.24) is 9.71 Å². The van der Waals surface area contributed by atoms with Crippen LogP contribution in [-0.2, 0) is 19.7 Å². The summed E-state index contributed by atoms with van der Waals surface area (Å²) in [5.74, 6) is -0.826. The fourth-order valence-corrected chi connectivity index (χ4v) is 3.28. The molecule has 0 aromatic carbocycles. The number of carbonyl (C=O) groups is 1. The molecule has 0 radical (unpaired) electrons. The van der Waals surface area contributed by atoms with E-state index in [0.717, 1.165) is 10.9 Å². The fraction of sp³-hybridized carbons (Fsp3) is 0.125. The van der Waals surface area contributed by atoms with E-state index < -0.39 is 16.2 Å². The Hall–Kier alpha value is -1.26. The van der Waals surface area contributed by atoms with Gasteiger partial charge < -0.3 is 4.74 Å². The van der Waals surface area contributed by atoms with Crippen molar-refractivity contribution >= 4 is 54.9 Å². The Morgan fingerprint density at radius 2 is 2.28 bits per heavy atom. The van der Waals surface area contributed by atoms with Crippen LogP contribution in [0.4, 0.5) is 0 Å². The monoisotopic (exact) mass is 351 g/mol. The first-order valence-corrected chi connectivity index (χ1v) is 7.50. The first kappa shape index (κ1) is 13.2. The molecule has 0 saturated heterocycles. The first-order chi connectivity index (χ1) is 8.41. The number of thiazole rings is 1. The second-order valence-electron chi connectivity index (χ2n) is 3.07. The number of halogens is 1. The summed E-state index contributed by atoms with van der Waals surface area (Å²) in [6.07, 6.45) is 2.80. The van der Waals surface area contributed by atoms with Gasteiger partial charge in [0.1, 0.15) is 5.01 Å². The number of nitrogens with one attached hydrogen (secondary N) is 1. The van der Waals surface area contributed by atoms with E-state index in [-0.39, 0.29) is 11.4 Å². The van der Waals surface area contributed by atoms with Crippen LogP contribution in [0.25, 0.3) is 5.70 Å². The summed E-state index contributed by atoms with van der Waals surface area (Å²) in [4.78, 5) is 15.3. The van der Waals surface area contributed by atoms with Crippen LogP contribution in [0, 0.1) is 0 Å². The van der Waals surface area contributed by atoms with Gasteiger partial charge in [-0.3, -0.25) is 4.72 Å². The van der Waals surface area contributed by atoms with Gasteiger partial charge in [0.25, 0.3) is 0 Å². The topological polar surface area (TPSA) is 97.7 Å². The summed E-state index contributed by atoms with van der Waals surface area (Å²) < 4.78 is 33.6. The third kappa shape index (κ3) is 2.76. The van der Waals surface area contributed by atoms with Crippen LogP contribution in [0.15, 0.2) is 20.5 Å². The molecule has 1 N–H and O–H groups in total. The molecule has 0 bridgehead atoms. The Labute approximate surface area is 115 Å². The zero-order valence-electron chi connectivity index (χ0n) is 8.88. The number of methoxy groups -OCH3 is 1. The van der Waals surface area contributed by atoms with E-state index in [1.54, 1.807) is 0 Å². The van der Waals surface area contributed by atoms with Gasteiger partial charge in [0, 0.05) is 0 Å². The number of carbonyl (C=O) groups excluding carboxylic acids is 1. The Bertz CT molecular complexity index is 662. The number of nitrogens with zero attached hydrogens (tertiary/aromatic N) is 2. The Morgan fingerprint density at radius 1 is 1.56 bits per heavy atom. The van der Waals surface area contributed by atoms with Crippen LogP contribution in [-0.4, -0.2) is 32.2 Å². The van der Waals surface area contributed by atoms with Gasteiger partial charge in [-0.1, -0.05) is 0 Å². The molecule has 96 valence electrons. The molecule has 1 aliphatic heterocycles. The lowest BCUT2D eigenvalue weighted by Gasteiger charge is -2.12. The minimum atomic E-state index is -3.95. The van der Waals surface area contributed by atoms with Gasteiger partial charge in [0.15, 0.2) is 5.71 Å². The standard InChI is InChI=1S/C8H6BrN3O4S2/c1-16-8(13)5-2-4(11-18(14,15)12-5)7-10-3-6(9)17-7/h2-3,11H,1H3. The smallest absolute Gasteiger partial charge is 0.357 e. The van der Waals surface area contributed by atoms with Crippen LogP contribution in [0.1, 0.15) is 5.01 Å². The van der Waals surface area contributed by atoms with Crippen molar-refractivity contribution in [2.45, 2.75) is 0 Å². The highest BCUT2D eigenvalue weighted by Gasteiger charge is 2.24. The second-order valence-corrected chi connectivity index (χ2v) is 6.82. The van der Waals surface area contributed by atoms with E-state index >= 15 is 0 Å². The number of hydrogen-bond acceptors (Lipinski definition) is 6. The molecule has 2 rings (SSSR count). The van der Waals surface area contributed by atoms with Crippen LogP contribution in [0.5, 0.6) is 0 Å². The van der Waals surface area contributed by atoms with E-state index in [0.29, 0.717) is 5.01 Å². The Morgan fingerprint density at radius 3 is 2.83 bits per heavy atom. The van der Waals surface area contributed by atoms with Crippen LogP contribution in [0.2, 0.25) is 0 Å². The van der Waals surface area contributed by atoms with Crippen molar-refractivity contribution in [2.75, 3.05) is 7.11 Å². The molecule has 0 fully saturated rings. The summed E-state index contributed by atoms with van der Waals surface area (Å²) in [6, 6.07) is 0. The van der Waals surface area contributed by atoms with E-state index in [1.165, 1.54) is 23.6 Å². The zero-order chi connectivity index (χ0) is 13.3. The van der Waals surface area contributed by atoms with Crippen LogP contribution < -0.4 is 4.72 Å². The maximum Gasteiger partial charge on any atom is 0.357 e. The van der Waals surface area contributed by atoms with Crippen molar-refractivity contribution in [3.8, 4) is 0 Å². The van der Waals surface area contributed by atoms with Gasteiger partial charge in [-0.15, -0.1) is 15.7 Å². The number of aromatic nitrogens is 1. The van der Waals surface area contributed by atoms with E-state index in [9.17, 15) is 13.2 Å². The van der Waals surface area contributed by atoms with E-state index in [4.69, 9.17) is 0 Å². The average molecular weight is 352 g/mol. The minimum Gasteiger partial charge on any atom is -0.464 e. The van der Waals surface area contributed by atoms with Crippen molar-refractivity contribution < 1.29 is 17.9 Å². The zero-order valence-corrected chi connectivity index (χ0v) is 12.1. The summed E-state index contributed by atoms with van der Waals surface area (Å²) in [5.41, 5.74) is -0.112. The van der Waals surface area contributed by atoms with Crippen molar-refractivity contribution in [3.63, 3.8) is 0 Å². The molecule has 0 unspecified atom stereocenters. The highest BCUT2D eigenvalue weighted by molar-refractivity contribution is 9.11. The predicted molar refractivity (Wildman–Crippen MR) is 69.3 cm³/mol. The summed E-state index contributed by atoms with van der Waals surface area (Å²) in [6.45, 7) is 0. The molecule has 1 aromatic heterocycles. The highest BCUT2D eigenvalue weighted by atomic mass is 79.9. The van der Waals surface area contributed by atoms with E-state index in [2.05, 4.69) is 34.8 Å².